The van der Waals surface area contributed by atoms with Gasteiger partial charge < -0.3 is 15.6 Å². The van der Waals surface area contributed by atoms with Gasteiger partial charge in [0.2, 0.25) is 0 Å². The Kier molecular flexibility index (Phi) is 3.24. The van der Waals surface area contributed by atoms with E-state index in [1.165, 1.54) is 5.56 Å². The molecule has 0 aliphatic heterocycles. The third kappa shape index (κ3) is 1.85. The second-order valence-corrected chi connectivity index (χ2v) is 5.22. The highest BCUT2D eigenvalue weighted by atomic mass is 79.9. The minimum Gasteiger partial charge on any atom is -0.497 e. The number of halogens is 1. The topological polar surface area (TPSA) is 55.5 Å². The van der Waals surface area contributed by atoms with Crippen molar-refractivity contribution in [2.75, 3.05) is 20.3 Å². The number of aliphatic hydroxyl groups excluding tert-OH is 1. The lowest BCUT2D eigenvalue weighted by molar-refractivity contribution is 0.211. The first-order valence-electron chi connectivity index (χ1n) is 5.31. The van der Waals surface area contributed by atoms with Crippen molar-refractivity contribution in [3.05, 3.63) is 28.2 Å². The molecule has 4 heteroatoms. The van der Waals surface area contributed by atoms with Gasteiger partial charge in [-0.05, 0) is 36.1 Å². The number of hydrogen-bond acceptors (Lipinski definition) is 3. The molecular weight excluding hydrogens is 270 g/mol. The van der Waals surface area contributed by atoms with Crippen LogP contribution in [0.15, 0.2) is 22.7 Å². The van der Waals surface area contributed by atoms with Crippen LogP contribution >= 0.6 is 15.9 Å². The summed E-state index contributed by atoms with van der Waals surface area (Å²) >= 11 is 3.53. The van der Waals surface area contributed by atoms with Gasteiger partial charge in [-0.25, -0.2) is 0 Å². The van der Waals surface area contributed by atoms with Crippen molar-refractivity contribution in [2.24, 2.45) is 11.1 Å². The van der Waals surface area contributed by atoms with E-state index in [1.54, 1.807) is 7.11 Å². The Hall–Kier alpha value is -0.580. The zero-order valence-electron chi connectivity index (χ0n) is 9.24. The molecule has 2 unspecified atom stereocenters. The number of methoxy groups -OCH3 is 1. The van der Waals surface area contributed by atoms with Crippen LogP contribution in [0.3, 0.4) is 0 Å². The van der Waals surface area contributed by atoms with Crippen molar-refractivity contribution >= 4 is 15.9 Å². The summed E-state index contributed by atoms with van der Waals surface area (Å²) in [5.41, 5.74) is 6.78. The van der Waals surface area contributed by atoms with Crippen molar-refractivity contribution in [1.29, 1.82) is 0 Å². The van der Waals surface area contributed by atoms with Crippen molar-refractivity contribution in [2.45, 2.75) is 12.3 Å². The average molecular weight is 286 g/mol. The van der Waals surface area contributed by atoms with Crippen LogP contribution in [-0.2, 0) is 0 Å². The third-order valence-corrected chi connectivity index (χ3v) is 4.21. The molecule has 0 spiro atoms. The molecule has 0 saturated heterocycles. The molecule has 16 heavy (non-hydrogen) atoms. The van der Waals surface area contributed by atoms with Crippen LogP contribution in [0.2, 0.25) is 0 Å². The van der Waals surface area contributed by atoms with Crippen LogP contribution in [0.5, 0.6) is 5.75 Å². The Morgan fingerprint density at radius 2 is 2.38 bits per heavy atom. The molecule has 1 aliphatic rings. The molecule has 1 saturated carbocycles. The van der Waals surface area contributed by atoms with Crippen molar-refractivity contribution in [3.8, 4) is 5.75 Å². The van der Waals surface area contributed by atoms with Gasteiger partial charge in [0.25, 0.3) is 0 Å². The van der Waals surface area contributed by atoms with E-state index < -0.39 is 0 Å². The quantitative estimate of drug-likeness (QED) is 0.888. The zero-order valence-corrected chi connectivity index (χ0v) is 10.8. The van der Waals surface area contributed by atoms with Gasteiger partial charge in [0.05, 0.1) is 13.7 Å². The highest BCUT2D eigenvalue weighted by Crippen LogP contribution is 2.59. The fourth-order valence-corrected chi connectivity index (χ4v) is 2.69. The van der Waals surface area contributed by atoms with E-state index in [2.05, 4.69) is 15.9 Å². The molecule has 1 aromatic carbocycles. The maximum Gasteiger partial charge on any atom is 0.119 e. The fourth-order valence-electron chi connectivity index (χ4n) is 2.17. The summed E-state index contributed by atoms with van der Waals surface area (Å²) < 4.78 is 6.27. The van der Waals surface area contributed by atoms with Gasteiger partial charge >= 0.3 is 0 Å². The summed E-state index contributed by atoms with van der Waals surface area (Å²) in [7, 11) is 1.65. The number of hydrogen-bond donors (Lipinski definition) is 2. The first-order valence-corrected chi connectivity index (χ1v) is 6.10. The van der Waals surface area contributed by atoms with Crippen LogP contribution in [-0.4, -0.2) is 25.4 Å². The summed E-state index contributed by atoms with van der Waals surface area (Å²) in [6.07, 6.45) is 0.950. The third-order valence-electron chi connectivity index (χ3n) is 3.49. The number of ether oxygens (including phenoxy) is 1. The molecule has 0 heterocycles. The zero-order chi connectivity index (χ0) is 11.8. The molecule has 0 amide bonds. The molecule has 0 radical (unpaired) electrons. The second kappa shape index (κ2) is 4.35. The standard InChI is InChI=1S/C12H16BrNO2/c1-16-8-2-3-11(13)9(4-8)10-5-12(10,6-14)7-15/h2-4,10,15H,5-7,14H2,1H3. The summed E-state index contributed by atoms with van der Waals surface area (Å²) in [5, 5.41) is 9.38. The smallest absolute Gasteiger partial charge is 0.119 e. The van der Waals surface area contributed by atoms with Crippen molar-refractivity contribution in [1.82, 2.24) is 0 Å². The van der Waals surface area contributed by atoms with E-state index in [0.29, 0.717) is 12.5 Å². The van der Waals surface area contributed by atoms with Crippen LogP contribution in [0.25, 0.3) is 0 Å². The maximum atomic E-state index is 9.38. The van der Waals surface area contributed by atoms with Gasteiger partial charge in [0.1, 0.15) is 5.75 Å². The van der Waals surface area contributed by atoms with Crippen LogP contribution in [0.1, 0.15) is 17.9 Å². The lowest BCUT2D eigenvalue weighted by Crippen LogP contribution is -2.21. The minimum atomic E-state index is -0.116. The Morgan fingerprint density at radius 1 is 1.62 bits per heavy atom. The summed E-state index contributed by atoms with van der Waals surface area (Å²) in [6, 6.07) is 5.91. The highest BCUT2D eigenvalue weighted by Gasteiger charge is 2.53. The van der Waals surface area contributed by atoms with E-state index in [-0.39, 0.29) is 12.0 Å². The molecule has 1 fully saturated rings. The summed E-state index contributed by atoms with van der Waals surface area (Å²) in [6.45, 7) is 0.676. The molecular formula is C12H16BrNO2. The van der Waals surface area contributed by atoms with E-state index in [1.807, 2.05) is 18.2 Å². The van der Waals surface area contributed by atoms with Gasteiger partial charge in [0.15, 0.2) is 0 Å². The SMILES string of the molecule is COc1ccc(Br)c(C2CC2(CN)CO)c1. The van der Waals surface area contributed by atoms with Gasteiger partial charge in [0, 0.05) is 16.4 Å². The summed E-state index contributed by atoms with van der Waals surface area (Å²) in [5.74, 6) is 1.18. The van der Waals surface area contributed by atoms with Gasteiger partial charge in [-0.3, -0.25) is 0 Å². The molecule has 3 nitrogen and oxygen atoms in total. The average Bonchev–Trinajstić information content (AvgIpc) is 3.05. The van der Waals surface area contributed by atoms with Crippen LogP contribution < -0.4 is 10.5 Å². The molecule has 2 rings (SSSR count). The Morgan fingerprint density at radius 3 is 2.88 bits per heavy atom. The monoisotopic (exact) mass is 285 g/mol. The van der Waals surface area contributed by atoms with Crippen LogP contribution in [0.4, 0.5) is 0 Å². The predicted molar refractivity (Wildman–Crippen MR) is 66.6 cm³/mol. The normalized spacial score (nSPS) is 27.9. The Labute approximate surface area is 104 Å². The number of nitrogens with two attached hydrogens (primary N) is 1. The van der Waals surface area contributed by atoms with Crippen molar-refractivity contribution < 1.29 is 9.84 Å². The highest BCUT2D eigenvalue weighted by molar-refractivity contribution is 9.10. The van der Waals surface area contributed by atoms with Crippen LogP contribution in [0, 0.1) is 5.41 Å². The second-order valence-electron chi connectivity index (χ2n) is 4.37. The van der Waals surface area contributed by atoms with E-state index in [9.17, 15) is 5.11 Å². The molecule has 1 aliphatic carbocycles. The number of rotatable bonds is 4. The van der Waals surface area contributed by atoms with Gasteiger partial charge in [-0.2, -0.15) is 0 Å². The number of aliphatic hydroxyl groups is 1. The predicted octanol–water partition coefficient (Wildman–Crippen LogP) is 1.88. The summed E-state index contributed by atoms with van der Waals surface area (Å²) in [4.78, 5) is 0. The van der Waals surface area contributed by atoms with Gasteiger partial charge in [-0.15, -0.1) is 0 Å². The molecule has 0 bridgehead atoms. The molecule has 2 atom stereocenters. The fraction of sp³-hybridized carbons (Fsp3) is 0.500. The molecule has 88 valence electrons. The Bertz CT molecular complexity index is 391. The van der Waals surface area contributed by atoms with E-state index in [4.69, 9.17) is 10.5 Å². The van der Waals surface area contributed by atoms with Crippen molar-refractivity contribution in [3.63, 3.8) is 0 Å². The Balaban J connectivity index is 2.29. The largest absolute Gasteiger partial charge is 0.497 e. The lowest BCUT2D eigenvalue weighted by Gasteiger charge is -2.13. The molecule has 0 aromatic heterocycles. The number of benzene rings is 1. The minimum absolute atomic E-state index is 0.116. The lowest BCUT2D eigenvalue weighted by atomic mass is 10.00. The maximum absolute atomic E-state index is 9.38. The molecule has 3 N–H and O–H groups in total. The first-order chi connectivity index (χ1) is 7.66. The first kappa shape index (κ1) is 11.9. The van der Waals surface area contributed by atoms with E-state index >= 15 is 0 Å². The van der Waals surface area contributed by atoms with E-state index in [0.717, 1.165) is 16.6 Å². The van der Waals surface area contributed by atoms with Gasteiger partial charge in [-0.1, -0.05) is 15.9 Å². The molecule has 1 aromatic rings.